The van der Waals surface area contributed by atoms with Gasteiger partial charge < -0.3 is 25.0 Å². The zero-order chi connectivity index (χ0) is 20.2. The lowest BCUT2D eigenvalue weighted by atomic mass is 10.1. The van der Waals surface area contributed by atoms with E-state index in [0.29, 0.717) is 6.54 Å². The van der Waals surface area contributed by atoms with E-state index in [1.807, 2.05) is 12.3 Å². The summed E-state index contributed by atoms with van der Waals surface area (Å²) in [5, 5.41) is 7.88. The van der Waals surface area contributed by atoms with Gasteiger partial charge in [0.25, 0.3) is 0 Å². The Balaban J connectivity index is 1.41. The molecule has 0 aliphatic carbocycles. The van der Waals surface area contributed by atoms with Gasteiger partial charge in [0, 0.05) is 55.6 Å². The molecule has 2 aliphatic rings. The third-order valence-corrected chi connectivity index (χ3v) is 5.64. The van der Waals surface area contributed by atoms with E-state index in [4.69, 9.17) is 14.5 Å². The maximum Gasteiger partial charge on any atom is 0.136 e. The zero-order valence-corrected chi connectivity index (χ0v) is 17.0. The summed E-state index contributed by atoms with van der Waals surface area (Å²) in [7, 11) is 0. The molecule has 2 aromatic heterocycles. The van der Waals surface area contributed by atoms with Gasteiger partial charge in [0.2, 0.25) is 0 Å². The molecule has 3 aromatic rings. The number of rotatable bonds is 5. The molecule has 7 heteroatoms. The Kier molecular flexibility index (Phi) is 5.74. The molecule has 5 rings (SSSR count). The first-order valence-corrected chi connectivity index (χ1v) is 10.6. The third kappa shape index (κ3) is 4.23. The van der Waals surface area contributed by atoms with Crippen molar-refractivity contribution in [2.24, 2.45) is 0 Å². The van der Waals surface area contributed by atoms with Crippen molar-refractivity contribution >= 4 is 22.4 Å². The molecule has 1 unspecified atom stereocenters. The number of fused-ring (bicyclic) bond motifs is 1. The number of aromatic nitrogens is 2. The summed E-state index contributed by atoms with van der Waals surface area (Å²) in [6.07, 6.45) is 1.97. The van der Waals surface area contributed by atoms with Crippen molar-refractivity contribution in [3.63, 3.8) is 0 Å². The van der Waals surface area contributed by atoms with E-state index in [-0.39, 0.29) is 6.10 Å². The number of hydrogen-bond donors (Lipinski definition) is 2. The Morgan fingerprint density at radius 1 is 1.10 bits per heavy atom. The molecule has 0 amide bonds. The molecule has 4 heterocycles. The standard InChI is InChI=1S/C23H27N5O2/c1-2-20-22(25-7-1)14-21(27-23(20)26-16-19-15-24-8-11-30-19)17-3-5-18(6-4-17)28-9-12-29-13-10-28/h1-7,14,19,24H,8-13,15-16H2,(H,26,27). The van der Waals surface area contributed by atoms with Crippen molar-refractivity contribution in [1.29, 1.82) is 0 Å². The predicted molar refractivity (Wildman–Crippen MR) is 119 cm³/mol. The smallest absolute Gasteiger partial charge is 0.136 e. The van der Waals surface area contributed by atoms with Gasteiger partial charge in [-0.15, -0.1) is 0 Å². The minimum atomic E-state index is 0.142. The van der Waals surface area contributed by atoms with Crippen molar-refractivity contribution < 1.29 is 9.47 Å². The molecule has 2 N–H and O–H groups in total. The first kappa shape index (κ1) is 19.2. The summed E-state index contributed by atoms with van der Waals surface area (Å²) < 4.78 is 11.3. The molecular formula is C23H27N5O2. The first-order chi connectivity index (χ1) is 14.9. The molecule has 30 heavy (non-hydrogen) atoms. The van der Waals surface area contributed by atoms with E-state index in [9.17, 15) is 0 Å². The van der Waals surface area contributed by atoms with Crippen molar-refractivity contribution in [1.82, 2.24) is 15.3 Å². The lowest BCUT2D eigenvalue weighted by Gasteiger charge is -2.28. The Bertz CT molecular complexity index is 983. The highest BCUT2D eigenvalue weighted by Gasteiger charge is 2.15. The average molecular weight is 406 g/mol. The largest absolute Gasteiger partial charge is 0.378 e. The van der Waals surface area contributed by atoms with E-state index in [2.05, 4.69) is 56.9 Å². The van der Waals surface area contributed by atoms with E-state index in [1.54, 1.807) is 0 Å². The van der Waals surface area contributed by atoms with Crippen LogP contribution in [0.1, 0.15) is 0 Å². The fraction of sp³-hybridized carbons (Fsp3) is 0.391. The molecule has 2 saturated heterocycles. The van der Waals surface area contributed by atoms with Crippen molar-refractivity contribution in [2.75, 3.05) is 62.8 Å². The number of ether oxygens (including phenoxy) is 2. The average Bonchev–Trinajstić information content (AvgIpc) is 2.84. The van der Waals surface area contributed by atoms with Crippen molar-refractivity contribution in [3.8, 4) is 11.3 Å². The molecule has 0 bridgehead atoms. The van der Waals surface area contributed by atoms with Crippen LogP contribution in [0.5, 0.6) is 0 Å². The van der Waals surface area contributed by atoms with Crippen LogP contribution in [0.25, 0.3) is 22.2 Å². The summed E-state index contributed by atoms with van der Waals surface area (Å²) in [5.41, 5.74) is 4.16. The molecule has 2 fully saturated rings. The van der Waals surface area contributed by atoms with Gasteiger partial charge in [-0.1, -0.05) is 12.1 Å². The zero-order valence-electron chi connectivity index (χ0n) is 17.0. The maximum absolute atomic E-state index is 5.82. The van der Waals surface area contributed by atoms with Crippen LogP contribution >= 0.6 is 0 Å². The van der Waals surface area contributed by atoms with Crippen LogP contribution in [-0.2, 0) is 9.47 Å². The van der Waals surface area contributed by atoms with Gasteiger partial charge in [-0.3, -0.25) is 4.98 Å². The lowest BCUT2D eigenvalue weighted by Crippen LogP contribution is -2.42. The highest BCUT2D eigenvalue weighted by atomic mass is 16.5. The molecular weight excluding hydrogens is 378 g/mol. The predicted octanol–water partition coefficient (Wildman–Crippen LogP) is 2.53. The quantitative estimate of drug-likeness (QED) is 0.676. The third-order valence-electron chi connectivity index (χ3n) is 5.64. The highest BCUT2D eigenvalue weighted by Crippen LogP contribution is 2.28. The van der Waals surface area contributed by atoms with E-state index in [0.717, 1.165) is 74.0 Å². The van der Waals surface area contributed by atoms with E-state index >= 15 is 0 Å². The number of anilines is 2. The molecule has 1 atom stereocenters. The normalized spacial score (nSPS) is 19.7. The molecule has 2 aliphatic heterocycles. The Labute approximate surface area is 176 Å². The number of benzene rings is 1. The van der Waals surface area contributed by atoms with Gasteiger partial charge in [0.1, 0.15) is 5.82 Å². The van der Waals surface area contributed by atoms with Crippen LogP contribution in [-0.4, -0.2) is 68.6 Å². The van der Waals surface area contributed by atoms with Crippen LogP contribution in [0.3, 0.4) is 0 Å². The molecule has 1 aromatic carbocycles. The fourth-order valence-electron chi connectivity index (χ4n) is 3.98. The van der Waals surface area contributed by atoms with Gasteiger partial charge in [-0.05, 0) is 30.3 Å². The topological polar surface area (TPSA) is 71.5 Å². The number of pyridine rings is 2. The molecule has 0 saturated carbocycles. The molecule has 0 spiro atoms. The Hall–Kier alpha value is -2.74. The monoisotopic (exact) mass is 405 g/mol. The van der Waals surface area contributed by atoms with Gasteiger partial charge >= 0.3 is 0 Å². The molecule has 7 nitrogen and oxygen atoms in total. The minimum Gasteiger partial charge on any atom is -0.378 e. The van der Waals surface area contributed by atoms with Crippen molar-refractivity contribution in [2.45, 2.75) is 6.10 Å². The lowest BCUT2D eigenvalue weighted by molar-refractivity contribution is 0.0372. The summed E-state index contributed by atoms with van der Waals surface area (Å²) in [4.78, 5) is 11.9. The van der Waals surface area contributed by atoms with E-state index < -0.39 is 0 Å². The Morgan fingerprint density at radius 3 is 2.77 bits per heavy atom. The van der Waals surface area contributed by atoms with Crippen LogP contribution in [0, 0.1) is 0 Å². The summed E-state index contributed by atoms with van der Waals surface area (Å²) in [6.45, 7) is 6.67. The molecule has 156 valence electrons. The summed E-state index contributed by atoms with van der Waals surface area (Å²) >= 11 is 0. The maximum atomic E-state index is 5.82. The van der Waals surface area contributed by atoms with Crippen LogP contribution in [0.2, 0.25) is 0 Å². The number of hydrogen-bond acceptors (Lipinski definition) is 7. The SMILES string of the molecule is c1cnc2cc(-c3ccc(N4CCOCC4)cc3)nc(NCC3CNCCO3)c2c1. The van der Waals surface area contributed by atoms with Gasteiger partial charge in [0.15, 0.2) is 0 Å². The summed E-state index contributed by atoms with van der Waals surface area (Å²) in [6, 6.07) is 14.7. The Morgan fingerprint density at radius 2 is 1.97 bits per heavy atom. The van der Waals surface area contributed by atoms with Gasteiger partial charge in [-0.2, -0.15) is 0 Å². The number of nitrogens with one attached hydrogen (secondary N) is 2. The second-order valence-electron chi connectivity index (χ2n) is 7.65. The number of morpholine rings is 2. The van der Waals surface area contributed by atoms with Gasteiger partial charge in [-0.25, -0.2) is 4.98 Å². The first-order valence-electron chi connectivity index (χ1n) is 10.6. The summed E-state index contributed by atoms with van der Waals surface area (Å²) in [5.74, 6) is 0.849. The fourth-order valence-corrected chi connectivity index (χ4v) is 3.98. The molecule has 0 radical (unpaired) electrons. The highest BCUT2D eigenvalue weighted by molar-refractivity contribution is 5.92. The second kappa shape index (κ2) is 8.95. The second-order valence-corrected chi connectivity index (χ2v) is 7.65. The van der Waals surface area contributed by atoms with Crippen LogP contribution in [0.15, 0.2) is 48.7 Å². The number of nitrogens with zero attached hydrogens (tertiary/aromatic N) is 3. The van der Waals surface area contributed by atoms with Crippen LogP contribution in [0.4, 0.5) is 11.5 Å². The van der Waals surface area contributed by atoms with Gasteiger partial charge in [0.05, 0.1) is 37.1 Å². The minimum absolute atomic E-state index is 0.142. The van der Waals surface area contributed by atoms with E-state index in [1.165, 1.54) is 5.69 Å². The van der Waals surface area contributed by atoms with Crippen LogP contribution < -0.4 is 15.5 Å². The van der Waals surface area contributed by atoms with Crippen molar-refractivity contribution in [3.05, 3.63) is 48.7 Å².